The number of para-hydroxylation sites is 1. The van der Waals surface area contributed by atoms with E-state index in [4.69, 9.17) is 28.3 Å². The lowest BCUT2D eigenvalue weighted by atomic mass is 10.3. The van der Waals surface area contributed by atoms with Crippen molar-refractivity contribution < 1.29 is 14.3 Å². The number of amides is 1. The molecule has 0 radical (unpaired) electrons. The molecule has 2 N–H and O–H groups in total. The van der Waals surface area contributed by atoms with Crippen molar-refractivity contribution in [3.63, 3.8) is 0 Å². The van der Waals surface area contributed by atoms with E-state index in [0.717, 1.165) is 6.20 Å². The number of halogens is 3. The first-order chi connectivity index (χ1) is 10.5. The number of aromatic nitrogens is 3. The Morgan fingerprint density at radius 2 is 2.00 bits per heavy atom. The number of benzene rings is 1. The zero-order valence-corrected chi connectivity index (χ0v) is 12.2. The molecule has 0 bridgehead atoms. The second kappa shape index (κ2) is 5.43. The number of anilines is 1. The summed E-state index contributed by atoms with van der Waals surface area (Å²) < 4.78 is 15.1. The van der Waals surface area contributed by atoms with E-state index in [0.29, 0.717) is 15.7 Å². The number of hydrogen-bond acceptors (Lipinski definition) is 3. The second-order valence-corrected chi connectivity index (χ2v) is 5.11. The molecule has 0 saturated heterocycles. The van der Waals surface area contributed by atoms with Gasteiger partial charge in [0.15, 0.2) is 5.82 Å². The van der Waals surface area contributed by atoms with E-state index < -0.39 is 11.9 Å². The van der Waals surface area contributed by atoms with Gasteiger partial charge in [-0.2, -0.15) is 5.10 Å². The monoisotopic (exact) mass is 340 g/mol. The summed E-state index contributed by atoms with van der Waals surface area (Å²) >= 11 is 12.2. The summed E-state index contributed by atoms with van der Waals surface area (Å²) in [4.78, 5) is 14.5. The Bertz CT molecular complexity index is 877. The van der Waals surface area contributed by atoms with Crippen LogP contribution < -0.4 is 5.32 Å². The first-order valence-corrected chi connectivity index (χ1v) is 6.71. The third kappa shape index (κ3) is 2.44. The number of fused-ring (bicyclic) bond motifs is 1. The molecule has 0 aliphatic carbocycles. The van der Waals surface area contributed by atoms with Crippen LogP contribution in [-0.4, -0.2) is 26.0 Å². The molecule has 1 amide bonds. The summed E-state index contributed by atoms with van der Waals surface area (Å²) in [6, 6.07) is 4.89. The fourth-order valence-electron chi connectivity index (χ4n) is 2.00. The maximum absolute atomic E-state index is 13.9. The molecule has 3 aromatic rings. The van der Waals surface area contributed by atoms with Crippen molar-refractivity contribution in [1.82, 2.24) is 14.8 Å². The van der Waals surface area contributed by atoms with Crippen molar-refractivity contribution in [2.45, 2.75) is 0 Å². The average molecular weight is 341 g/mol. The number of nitrogens with one attached hydrogen (secondary N) is 1. The molecule has 3 rings (SSSR count). The second-order valence-electron chi connectivity index (χ2n) is 4.29. The van der Waals surface area contributed by atoms with E-state index in [9.17, 15) is 9.18 Å². The predicted octanol–water partition coefficient (Wildman–Crippen LogP) is 3.96. The third-order valence-electron chi connectivity index (χ3n) is 2.89. The van der Waals surface area contributed by atoms with Gasteiger partial charge in [0.25, 0.3) is 0 Å². The number of rotatable bonds is 2. The minimum absolute atomic E-state index is 0.0293. The van der Waals surface area contributed by atoms with E-state index in [1.54, 1.807) is 18.2 Å². The Balaban J connectivity index is 2.25. The Morgan fingerprint density at radius 1 is 1.32 bits per heavy atom. The summed E-state index contributed by atoms with van der Waals surface area (Å²) in [7, 11) is 0. The zero-order valence-electron chi connectivity index (χ0n) is 10.7. The van der Waals surface area contributed by atoms with Gasteiger partial charge >= 0.3 is 6.09 Å². The summed E-state index contributed by atoms with van der Waals surface area (Å²) in [6.07, 6.45) is 0.979. The summed E-state index contributed by atoms with van der Waals surface area (Å²) in [5, 5.41) is 15.8. The van der Waals surface area contributed by atoms with Crippen LogP contribution in [0, 0.1) is 5.82 Å². The van der Waals surface area contributed by atoms with Gasteiger partial charge in [-0.3, -0.25) is 5.32 Å². The smallest absolute Gasteiger partial charge is 0.410 e. The topological polar surface area (TPSA) is 80.0 Å². The molecule has 0 aliphatic rings. The fraction of sp³-hybridized carbons (Fsp3) is 0. The molecular formula is C13H7Cl2FN4O2. The van der Waals surface area contributed by atoms with Crippen LogP contribution in [0.1, 0.15) is 0 Å². The molecule has 6 nitrogen and oxygen atoms in total. The summed E-state index contributed by atoms with van der Waals surface area (Å²) in [5.74, 6) is -0.716. The number of hydrogen-bond donors (Lipinski definition) is 2. The van der Waals surface area contributed by atoms with Gasteiger partial charge in [0.1, 0.15) is 17.0 Å². The highest BCUT2D eigenvalue weighted by atomic mass is 35.5. The van der Waals surface area contributed by atoms with Crippen LogP contribution in [0.3, 0.4) is 0 Å². The Morgan fingerprint density at radius 3 is 2.64 bits per heavy atom. The molecule has 1 aromatic carbocycles. The first-order valence-electron chi connectivity index (χ1n) is 5.95. The molecule has 0 atom stereocenters. The van der Waals surface area contributed by atoms with Crippen LogP contribution in [0.2, 0.25) is 10.0 Å². The first kappa shape index (κ1) is 14.6. The van der Waals surface area contributed by atoms with Gasteiger partial charge in [0.2, 0.25) is 0 Å². The highest BCUT2D eigenvalue weighted by Gasteiger charge is 2.16. The maximum atomic E-state index is 13.9. The Hall–Kier alpha value is -2.38. The lowest BCUT2D eigenvalue weighted by Crippen LogP contribution is -2.09. The van der Waals surface area contributed by atoms with Crippen molar-refractivity contribution in [2.24, 2.45) is 0 Å². The van der Waals surface area contributed by atoms with Crippen LogP contribution >= 0.6 is 23.2 Å². The molecule has 0 fully saturated rings. The van der Waals surface area contributed by atoms with Gasteiger partial charge in [-0.15, -0.1) is 0 Å². The van der Waals surface area contributed by atoms with E-state index in [1.807, 2.05) is 0 Å². The number of carboxylic acid groups (broad SMARTS) is 1. The molecular weight excluding hydrogens is 334 g/mol. The van der Waals surface area contributed by atoms with Crippen molar-refractivity contribution in [3.05, 3.63) is 46.5 Å². The summed E-state index contributed by atoms with van der Waals surface area (Å²) in [6.45, 7) is 0. The van der Waals surface area contributed by atoms with Gasteiger partial charge in [0, 0.05) is 6.20 Å². The SMILES string of the molecule is O=C(O)Nc1ncc(F)c2nn(-c3c(Cl)cccc3Cl)cc12. The fourth-order valence-corrected chi connectivity index (χ4v) is 2.57. The third-order valence-corrected chi connectivity index (χ3v) is 3.50. The van der Waals surface area contributed by atoms with Crippen LogP contribution in [0.4, 0.5) is 15.0 Å². The maximum Gasteiger partial charge on any atom is 0.410 e. The Kier molecular flexibility index (Phi) is 3.59. The predicted molar refractivity (Wildman–Crippen MR) is 80.5 cm³/mol. The molecule has 9 heteroatoms. The molecule has 2 aromatic heterocycles. The van der Waals surface area contributed by atoms with Crippen LogP contribution in [0.25, 0.3) is 16.6 Å². The number of carbonyl (C=O) groups is 1. The number of pyridine rings is 1. The van der Waals surface area contributed by atoms with Gasteiger partial charge in [-0.25, -0.2) is 18.9 Å². The number of nitrogens with zero attached hydrogens (tertiary/aromatic N) is 3. The summed E-state index contributed by atoms with van der Waals surface area (Å²) in [5.41, 5.74) is 0.317. The molecule has 0 spiro atoms. The van der Waals surface area contributed by atoms with E-state index in [-0.39, 0.29) is 16.7 Å². The van der Waals surface area contributed by atoms with Gasteiger partial charge in [-0.1, -0.05) is 29.3 Å². The van der Waals surface area contributed by atoms with Crippen molar-refractivity contribution in [3.8, 4) is 5.69 Å². The van der Waals surface area contributed by atoms with Gasteiger partial charge in [0.05, 0.1) is 21.6 Å². The van der Waals surface area contributed by atoms with E-state index in [2.05, 4.69) is 15.4 Å². The molecule has 0 aliphatic heterocycles. The zero-order chi connectivity index (χ0) is 15.9. The van der Waals surface area contributed by atoms with Crippen molar-refractivity contribution >= 4 is 46.0 Å². The van der Waals surface area contributed by atoms with Gasteiger partial charge < -0.3 is 5.11 Å². The van der Waals surface area contributed by atoms with E-state index >= 15 is 0 Å². The molecule has 0 saturated carbocycles. The van der Waals surface area contributed by atoms with Crippen LogP contribution in [0.15, 0.2) is 30.6 Å². The highest BCUT2D eigenvalue weighted by Crippen LogP contribution is 2.31. The lowest BCUT2D eigenvalue weighted by Gasteiger charge is -2.05. The van der Waals surface area contributed by atoms with E-state index in [1.165, 1.54) is 10.9 Å². The van der Waals surface area contributed by atoms with Crippen molar-refractivity contribution in [1.29, 1.82) is 0 Å². The molecule has 2 heterocycles. The van der Waals surface area contributed by atoms with Crippen LogP contribution in [-0.2, 0) is 0 Å². The lowest BCUT2D eigenvalue weighted by molar-refractivity contribution is 0.209. The minimum atomic E-state index is -1.32. The van der Waals surface area contributed by atoms with Crippen LogP contribution in [0.5, 0.6) is 0 Å². The molecule has 0 unspecified atom stereocenters. The molecule has 112 valence electrons. The average Bonchev–Trinajstić information content (AvgIpc) is 2.87. The standard InChI is InChI=1S/C13H7Cl2FN4O2/c14-7-2-1-3-8(15)11(7)20-5-6-10(19-20)9(16)4-17-12(6)18-13(21)22/h1-5H,(H,17,18)(H,21,22). The normalized spacial score (nSPS) is 10.9. The van der Waals surface area contributed by atoms with Gasteiger partial charge in [-0.05, 0) is 12.1 Å². The highest BCUT2D eigenvalue weighted by molar-refractivity contribution is 6.37. The van der Waals surface area contributed by atoms with Crippen molar-refractivity contribution in [2.75, 3.05) is 5.32 Å². The largest absolute Gasteiger partial charge is 0.465 e. The quantitative estimate of drug-likeness (QED) is 0.739. The Labute approximate surface area is 133 Å². The minimum Gasteiger partial charge on any atom is -0.465 e. The molecule has 22 heavy (non-hydrogen) atoms.